The Kier molecular flexibility index (Phi) is 4.77. The number of carbonyl (C=O) groups excluding carboxylic acids is 2. The van der Waals surface area contributed by atoms with E-state index in [4.69, 9.17) is 14.0 Å². The van der Waals surface area contributed by atoms with E-state index in [2.05, 4.69) is 10.5 Å². The van der Waals surface area contributed by atoms with E-state index in [-0.39, 0.29) is 18.2 Å². The first-order chi connectivity index (χ1) is 10.5. The number of aryl methyl sites for hydroxylation is 1. The number of esters is 1. The van der Waals surface area contributed by atoms with Gasteiger partial charge in [-0.2, -0.15) is 0 Å². The van der Waals surface area contributed by atoms with Crippen molar-refractivity contribution in [2.24, 2.45) is 0 Å². The third-order valence-corrected chi connectivity index (χ3v) is 2.97. The molecule has 1 aromatic heterocycles. The van der Waals surface area contributed by atoms with Crippen LogP contribution in [0.4, 0.5) is 0 Å². The van der Waals surface area contributed by atoms with Crippen LogP contribution < -0.4 is 10.1 Å². The Morgan fingerprint density at radius 3 is 2.64 bits per heavy atom. The second kappa shape index (κ2) is 6.75. The smallest absolute Gasteiger partial charge is 0.341 e. The predicted molar refractivity (Wildman–Crippen MR) is 76.7 cm³/mol. The lowest BCUT2D eigenvalue weighted by Crippen LogP contribution is -2.22. The molecule has 1 aromatic carbocycles. The Morgan fingerprint density at radius 1 is 1.27 bits per heavy atom. The van der Waals surface area contributed by atoms with Crippen LogP contribution in [0.25, 0.3) is 0 Å². The van der Waals surface area contributed by atoms with Gasteiger partial charge in [0.2, 0.25) is 5.76 Å². The van der Waals surface area contributed by atoms with Crippen molar-refractivity contribution in [2.45, 2.75) is 13.5 Å². The fourth-order valence-corrected chi connectivity index (χ4v) is 1.87. The quantitative estimate of drug-likeness (QED) is 0.846. The topological polar surface area (TPSA) is 90.7 Å². The lowest BCUT2D eigenvalue weighted by atomic mass is 10.1. The number of rotatable bonds is 5. The lowest BCUT2D eigenvalue weighted by molar-refractivity contribution is 0.0597. The SMILES string of the molecule is COC(=O)c1cc(CNC(=O)c2cc(C)no2)ccc1OC. The monoisotopic (exact) mass is 304 g/mol. The molecule has 0 saturated carbocycles. The average Bonchev–Trinajstić information content (AvgIpc) is 2.98. The van der Waals surface area contributed by atoms with E-state index in [0.717, 1.165) is 5.56 Å². The molecule has 0 aliphatic rings. The number of benzene rings is 1. The molecule has 22 heavy (non-hydrogen) atoms. The van der Waals surface area contributed by atoms with Gasteiger partial charge in [0.1, 0.15) is 11.3 Å². The maximum absolute atomic E-state index is 11.9. The van der Waals surface area contributed by atoms with Gasteiger partial charge in [-0.05, 0) is 24.6 Å². The highest BCUT2D eigenvalue weighted by atomic mass is 16.5. The summed E-state index contributed by atoms with van der Waals surface area (Å²) in [5, 5.41) is 6.33. The Hall–Kier alpha value is -2.83. The van der Waals surface area contributed by atoms with E-state index >= 15 is 0 Å². The normalized spacial score (nSPS) is 10.1. The van der Waals surface area contributed by atoms with Gasteiger partial charge in [-0.15, -0.1) is 0 Å². The summed E-state index contributed by atoms with van der Waals surface area (Å²) in [4.78, 5) is 23.6. The Morgan fingerprint density at radius 2 is 2.05 bits per heavy atom. The zero-order valence-corrected chi connectivity index (χ0v) is 12.5. The standard InChI is InChI=1S/C15H16N2O5/c1-9-6-13(22-17-9)14(18)16-8-10-4-5-12(20-2)11(7-10)15(19)21-3/h4-7H,8H2,1-3H3,(H,16,18). The zero-order valence-electron chi connectivity index (χ0n) is 12.5. The van der Waals surface area contributed by atoms with Crippen molar-refractivity contribution in [3.8, 4) is 5.75 Å². The number of carbonyl (C=O) groups is 2. The first-order valence-corrected chi connectivity index (χ1v) is 6.52. The summed E-state index contributed by atoms with van der Waals surface area (Å²) in [7, 11) is 2.76. The molecule has 1 amide bonds. The van der Waals surface area contributed by atoms with Crippen LogP contribution in [-0.4, -0.2) is 31.3 Å². The maximum Gasteiger partial charge on any atom is 0.341 e. The number of nitrogens with one attached hydrogen (secondary N) is 1. The second-order valence-corrected chi connectivity index (χ2v) is 4.54. The molecule has 0 aliphatic carbocycles. The lowest BCUT2D eigenvalue weighted by Gasteiger charge is -2.09. The fraction of sp³-hybridized carbons (Fsp3) is 0.267. The summed E-state index contributed by atoms with van der Waals surface area (Å²) in [5.41, 5.74) is 1.65. The number of amides is 1. The van der Waals surface area contributed by atoms with Crippen LogP contribution in [0.2, 0.25) is 0 Å². The van der Waals surface area contributed by atoms with Gasteiger partial charge < -0.3 is 19.3 Å². The Labute approximate surface area is 127 Å². The zero-order chi connectivity index (χ0) is 16.1. The summed E-state index contributed by atoms with van der Waals surface area (Å²) in [6, 6.07) is 6.54. The molecule has 1 heterocycles. The van der Waals surface area contributed by atoms with Crippen LogP contribution in [0.3, 0.4) is 0 Å². The van der Waals surface area contributed by atoms with E-state index in [1.165, 1.54) is 14.2 Å². The van der Waals surface area contributed by atoms with Gasteiger partial charge >= 0.3 is 5.97 Å². The molecule has 2 aromatic rings. The van der Waals surface area contributed by atoms with Crippen molar-refractivity contribution >= 4 is 11.9 Å². The molecule has 0 unspecified atom stereocenters. The van der Waals surface area contributed by atoms with Gasteiger partial charge in [-0.1, -0.05) is 11.2 Å². The Bertz CT molecular complexity index is 693. The Balaban J connectivity index is 2.10. The van der Waals surface area contributed by atoms with Crippen LogP contribution in [0.15, 0.2) is 28.8 Å². The third-order valence-electron chi connectivity index (χ3n) is 2.97. The molecule has 0 bridgehead atoms. The van der Waals surface area contributed by atoms with E-state index in [9.17, 15) is 9.59 Å². The summed E-state index contributed by atoms with van der Waals surface area (Å²) in [5.74, 6) is -0.334. The van der Waals surface area contributed by atoms with Gasteiger partial charge in [0.25, 0.3) is 5.91 Å². The number of hydrogen-bond acceptors (Lipinski definition) is 6. The number of ether oxygens (including phenoxy) is 2. The summed E-state index contributed by atoms with van der Waals surface area (Å²) >= 11 is 0. The molecule has 0 radical (unpaired) electrons. The molecule has 0 spiro atoms. The first kappa shape index (κ1) is 15.6. The number of hydrogen-bond donors (Lipinski definition) is 1. The molecule has 0 fully saturated rings. The van der Waals surface area contributed by atoms with Crippen molar-refractivity contribution in [3.63, 3.8) is 0 Å². The minimum absolute atomic E-state index is 0.138. The van der Waals surface area contributed by atoms with Crippen molar-refractivity contribution in [1.82, 2.24) is 10.5 Å². The minimum atomic E-state index is -0.504. The van der Waals surface area contributed by atoms with Crippen molar-refractivity contribution in [1.29, 1.82) is 0 Å². The molecule has 0 atom stereocenters. The van der Waals surface area contributed by atoms with Gasteiger partial charge in [-0.25, -0.2) is 4.79 Å². The highest BCUT2D eigenvalue weighted by Gasteiger charge is 2.15. The summed E-state index contributed by atoms with van der Waals surface area (Å²) in [6.07, 6.45) is 0. The first-order valence-electron chi connectivity index (χ1n) is 6.52. The highest BCUT2D eigenvalue weighted by Crippen LogP contribution is 2.20. The van der Waals surface area contributed by atoms with Crippen LogP contribution in [0, 0.1) is 6.92 Å². The second-order valence-electron chi connectivity index (χ2n) is 4.54. The van der Waals surface area contributed by atoms with E-state index in [1.54, 1.807) is 31.2 Å². The highest BCUT2D eigenvalue weighted by molar-refractivity contribution is 5.93. The van der Waals surface area contributed by atoms with Crippen LogP contribution in [0.5, 0.6) is 5.75 Å². The van der Waals surface area contributed by atoms with Crippen molar-refractivity contribution in [3.05, 3.63) is 46.8 Å². The number of aromatic nitrogens is 1. The third kappa shape index (κ3) is 3.43. The molecule has 116 valence electrons. The van der Waals surface area contributed by atoms with Crippen molar-refractivity contribution in [2.75, 3.05) is 14.2 Å². The molecule has 0 aliphatic heterocycles. The van der Waals surface area contributed by atoms with Gasteiger partial charge in [0.05, 0.1) is 19.9 Å². The molecule has 0 saturated heterocycles. The summed E-state index contributed by atoms with van der Waals surface area (Å²) in [6.45, 7) is 1.96. The number of nitrogens with zero attached hydrogens (tertiary/aromatic N) is 1. The predicted octanol–water partition coefficient (Wildman–Crippen LogP) is 1.71. The van der Waals surface area contributed by atoms with Crippen LogP contribution in [0.1, 0.15) is 32.2 Å². The fourth-order valence-electron chi connectivity index (χ4n) is 1.87. The average molecular weight is 304 g/mol. The molecule has 2 rings (SSSR count). The van der Waals surface area contributed by atoms with Gasteiger partial charge in [0.15, 0.2) is 0 Å². The number of methoxy groups -OCH3 is 2. The largest absolute Gasteiger partial charge is 0.496 e. The molecular formula is C15H16N2O5. The minimum Gasteiger partial charge on any atom is -0.496 e. The molecule has 1 N–H and O–H groups in total. The molecule has 7 heteroatoms. The summed E-state index contributed by atoms with van der Waals surface area (Å²) < 4.78 is 14.7. The van der Waals surface area contributed by atoms with Gasteiger partial charge in [0, 0.05) is 12.6 Å². The molecular weight excluding hydrogens is 288 g/mol. The van der Waals surface area contributed by atoms with Crippen LogP contribution in [-0.2, 0) is 11.3 Å². The van der Waals surface area contributed by atoms with E-state index in [0.29, 0.717) is 17.0 Å². The van der Waals surface area contributed by atoms with E-state index < -0.39 is 5.97 Å². The maximum atomic E-state index is 11.9. The van der Waals surface area contributed by atoms with Gasteiger partial charge in [-0.3, -0.25) is 4.79 Å². The van der Waals surface area contributed by atoms with Crippen LogP contribution >= 0.6 is 0 Å². The van der Waals surface area contributed by atoms with E-state index in [1.807, 2.05) is 0 Å². The van der Waals surface area contributed by atoms with Crippen molar-refractivity contribution < 1.29 is 23.6 Å². The molecule has 7 nitrogen and oxygen atoms in total.